The maximum atomic E-state index is 13.0. The molecule has 0 atom stereocenters. The summed E-state index contributed by atoms with van der Waals surface area (Å²) in [6, 6.07) is 12.1. The van der Waals surface area contributed by atoms with Gasteiger partial charge in [0.15, 0.2) is 11.7 Å². The largest absolute Gasteiger partial charge is 0.452 e. The van der Waals surface area contributed by atoms with Crippen LogP contribution >= 0.6 is 22.9 Å². The van der Waals surface area contributed by atoms with Crippen molar-refractivity contribution in [1.82, 2.24) is 4.98 Å². The number of carbonyl (C=O) groups is 2. The normalized spacial score (nSPS) is 10.4. The van der Waals surface area contributed by atoms with Crippen molar-refractivity contribution < 1.29 is 18.7 Å². The van der Waals surface area contributed by atoms with Crippen LogP contribution in [0.1, 0.15) is 10.4 Å². The zero-order valence-electron chi connectivity index (χ0n) is 13.2. The molecule has 132 valence electrons. The van der Waals surface area contributed by atoms with E-state index in [1.165, 1.54) is 29.5 Å². The van der Waals surface area contributed by atoms with Gasteiger partial charge in [0.2, 0.25) is 0 Å². The van der Waals surface area contributed by atoms with E-state index < -0.39 is 18.5 Å². The van der Waals surface area contributed by atoms with Gasteiger partial charge in [0, 0.05) is 16.0 Å². The second kappa shape index (κ2) is 8.07. The minimum atomic E-state index is -0.645. The summed E-state index contributed by atoms with van der Waals surface area (Å²) in [5.74, 6) is -1.49. The molecule has 0 radical (unpaired) electrons. The highest BCUT2D eigenvalue weighted by molar-refractivity contribution is 7.14. The van der Waals surface area contributed by atoms with Crippen molar-refractivity contribution in [3.8, 4) is 11.3 Å². The van der Waals surface area contributed by atoms with Crippen LogP contribution in [0.4, 0.5) is 9.52 Å². The summed E-state index contributed by atoms with van der Waals surface area (Å²) >= 11 is 7.02. The summed E-state index contributed by atoms with van der Waals surface area (Å²) in [5, 5.41) is 5.05. The Kier molecular flexibility index (Phi) is 5.60. The molecule has 1 heterocycles. The number of anilines is 1. The average Bonchev–Trinajstić information content (AvgIpc) is 3.08. The van der Waals surface area contributed by atoms with Crippen LogP contribution in [0.25, 0.3) is 11.3 Å². The molecule has 0 saturated heterocycles. The third-order valence-electron chi connectivity index (χ3n) is 3.29. The fourth-order valence-electron chi connectivity index (χ4n) is 2.07. The van der Waals surface area contributed by atoms with Crippen molar-refractivity contribution in [2.24, 2.45) is 0 Å². The Labute approximate surface area is 157 Å². The van der Waals surface area contributed by atoms with Gasteiger partial charge in [-0.05, 0) is 42.5 Å². The number of thiazole rings is 1. The number of hydrogen-bond donors (Lipinski definition) is 1. The summed E-state index contributed by atoms with van der Waals surface area (Å²) in [5.41, 5.74) is 1.61. The number of nitrogens with one attached hydrogen (secondary N) is 1. The summed E-state index contributed by atoms with van der Waals surface area (Å²) < 4.78 is 17.9. The summed E-state index contributed by atoms with van der Waals surface area (Å²) in [6.07, 6.45) is 0. The summed E-state index contributed by atoms with van der Waals surface area (Å²) in [7, 11) is 0. The number of hydrogen-bond acceptors (Lipinski definition) is 5. The third kappa shape index (κ3) is 4.65. The van der Waals surface area contributed by atoms with Gasteiger partial charge in [-0.3, -0.25) is 10.1 Å². The van der Waals surface area contributed by atoms with Crippen molar-refractivity contribution in [3.63, 3.8) is 0 Å². The molecule has 1 N–H and O–H groups in total. The fraction of sp³-hybridized carbons (Fsp3) is 0.0556. The molecule has 0 fully saturated rings. The Balaban J connectivity index is 1.55. The number of aromatic nitrogens is 1. The van der Waals surface area contributed by atoms with E-state index in [4.69, 9.17) is 16.3 Å². The average molecular weight is 391 g/mol. The molecule has 1 aromatic heterocycles. The zero-order valence-corrected chi connectivity index (χ0v) is 14.8. The fourth-order valence-corrected chi connectivity index (χ4v) is 3.00. The molecule has 1 amide bonds. The lowest BCUT2D eigenvalue weighted by Gasteiger charge is -2.05. The van der Waals surface area contributed by atoms with Crippen LogP contribution in [-0.2, 0) is 9.53 Å². The number of nitrogens with zero attached hydrogens (tertiary/aromatic N) is 1. The maximum Gasteiger partial charge on any atom is 0.338 e. The van der Waals surface area contributed by atoms with Gasteiger partial charge in [-0.2, -0.15) is 0 Å². The second-order valence-electron chi connectivity index (χ2n) is 5.18. The Bertz CT molecular complexity index is 944. The molecule has 0 aliphatic heterocycles. The Hall–Kier alpha value is -2.77. The number of esters is 1. The first kappa shape index (κ1) is 18.0. The van der Waals surface area contributed by atoms with E-state index in [2.05, 4.69) is 10.3 Å². The van der Waals surface area contributed by atoms with E-state index >= 15 is 0 Å². The lowest BCUT2D eigenvalue weighted by molar-refractivity contribution is -0.119. The molecule has 0 unspecified atom stereocenters. The second-order valence-corrected chi connectivity index (χ2v) is 6.47. The number of benzene rings is 2. The zero-order chi connectivity index (χ0) is 18.5. The van der Waals surface area contributed by atoms with E-state index in [1.807, 2.05) is 0 Å². The van der Waals surface area contributed by atoms with E-state index in [9.17, 15) is 14.0 Å². The predicted molar refractivity (Wildman–Crippen MR) is 97.9 cm³/mol. The standard InChI is InChI=1S/C18H12ClFN2O3S/c19-13-3-1-2-12(8-13)17(24)25-9-16(23)22-18-21-15(10-26-18)11-4-6-14(20)7-5-11/h1-8,10H,9H2,(H,21,22,23). The number of carbonyl (C=O) groups excluding carboxylic acids is 2. The van der Waals surface area contributed by atoms with Crippen molar-refractivity contribution in [2.45, 2.75) is 0 Å². The minimum absolute atomic E-state index is 0.262. The smallest absolute Gasteiger partial charge is 0.338 e. The molecule has 0 saturated carbocycles. The van der Waals surface area contributed by atoms with Gasteiger partial charge in [-0.1, -0.05) is 17.7 Å². The van der Waals surface area contributed by atoms with Gasteiger partial charge in [-0.25, -0.2) is 14.2 Å². The van der Waals surface area contributed by atoms with Gasteiger partial charge in [0.05, 0.1) is 11.3 Å². The number of halogens is 2. The van der Waals surface area contributed by atoms with Gasteiger partial charge < -0.3 is 4.74 Å². The number of ether oxygens (including phenoxy) is 1. The molecule has 0 aliphatic carbocycles. The Morgan fingerprint density at radius 3 is 2.69 bits per heavy atom. The SMILES string of the molecule is O=C(COC(=O)c1cccc(Cl)c1)Nc1nc(-c2ccc(F)cc2)cs1. The summed E-state index contributed by atoms with van der Waals surface area (Å²) in [6.45, 7) is -0.448. The molecular formula is C18H12ClFN2O3S. The third-order valence-corrected chi connectivity index (χ3v) is 4.28. The van der Waals surface area contributed by atoms with Crippen LogP contribution in [-0.4, -0.2) is 23.5 Å². The molecule has 5 nitrogen and oxygen atoms in total. The van der Waals surface area contributed by atoms with Gasteiger partial charge in [0.1, 0.15) is 5.82 Å². The van der Waals surface area contributed by atoms with Crippen LogP contribution in [0.2, 0.25) is 5.02 Å². The lowest BCUT2D eigenvalue weighted by Crippen LogP contribution is -2.20. The van der Waals surface area contributed by atoms with Crippen LogP contribution in [0.5, 0.6) is 0 Å². The van der Waals surface area contributed by atoms with Gasteiger partial charge >= 0.3 is 5.97 Å². The highest BCUT2D eigenvalue weighted by atomic mass is 35.5. The van der Waals surface area contributed by atoms with E-state index in [0.29, 0.717) is 15.8 Å². The van der Waals surface area contributed by atoms with Crippen LogP contribution < -0.4 is 5.32 Å². The predicted octanol–water partition coefficient (Wildman–Crippen LogP) is 4.40. The lowest BCUT2D eigenvalue weighted by atomic mass is 10.2. The van der Waals surface area contributed by atoms with Gasteiger partial charge in [-0.15, -0.1) is 11.3 Å². The monoisotopic (exact) mass is 390 g/mol. The molecule has 0 spiro atoms. The number of rotatable bonds is 5. The molecule has 26 heavy (non-hydrogen) atoms. The van der Waals surface area contributed by atoms with Crippen LogP contribution in [0.15, 0.2) is 53.9 Å². The number of amides is 1. The first-order valence-corrected chi connectivity index (χ1v) is 8.71. The van der Waals surface area contributed by atoms with E-state index in [0.717, 1.165) is 5.56 Å². The molecular weight excluding hydrogens is 379 g/mol. The minimum Gasteiger partial charge on any atom is -0.452 e. The highest BCUT2D eigenvalue weighted by Gasteiger charge is 2.12. The Morgan fingerprint density at radius 1 is 1.19 bits per heavy atom. The Morgan fingerprint density at radius 2 is 1.96 bits per heavy atom. The maximum absolute atomic E-state index is 13.0. The van der Waals surface area contributed by atoms with E-state index in [-0.39, 0.29) is 11.4 Å². The molecule has 3 aromatic rings. The molecule has 2 aromatic carbocycles. The molecule has 3 rings (SSSR count). The van der Waals surface area contributed by atoms with Crippen molar-refractivity contribution >= 4 is 39.9 Å². The van der Waals surface area contributed by atoms with Crippen molar-refractivity contribution in [2.75, 3.05) is 11.9 Å². The van der Waals surface area contributed by atoms with Crippen LogP contribution in [0, 0.1) is 5.82 Å². The quantitative estimate of drug-likeness (QED) is 0.656. The molecule has 0 aliphatic rings. The molecule has 8 heteroatoms. The topological polar surface area (TPSA) is 68.3 Å². The first-order chi connectivity index (χ1) is 12.5. The molecule has 0 bridgehead atoms. The summed E-state index contributed by atoms with van der Waals surface area (Å²) in [4.78, 5) is 28.0. The highest BCUT2D eigenvalue weighted by Crippen LogP contribution is 2.25. The van der Waals surface area contributed by atoms with Gasteiger partial charge in [0.25, 0.3) is 5.91 Å². The van der Waals surface area contributed by atoms with Crippen LogP contribution in [0.3, 0.4) is 0 Å². The van der Waals surface area contributed by atoms with Crippen molar-refractivity contribution in [1.29, 1.82) is 0 Å². The van der Waals surface area contributed by atoms with E-state index in [1.54, 1.807) is 35.7 Å². The first-order valence-electron chi connectivity index (χ1n) is 7.45. The van der Waals surface area contributed by atoms with Crippen molar-refractivity contribution in [3.05, 3.63) is 70.3 Å².